The van der Waals surface area contributed by atoms with Gasteiger partial charge in [-0.1, -0.05) is 62.8 Å². The molecule has 9 heteroatoms. The summed E-state index contributed by atoms with van der Waals surface area (Å²) >= 11 is 0. The molecule has 182 valence electrons. The average Bonchev–Trinajstić information content (AvgIpc) is 3.30. The maximum atomic E-state index is 12.4. The number of imidazole rings is 1. The van der Waals surface area contributed by atoms with E-state index in [-0.39, 0.29) is 11.2 Å². The maximum Gasteiger partial charge on any atom is 0.433 e. The molecule has 0 saturated heterocycles. The Balaban J connectivity index is 0.000000188. The molecule has 1 saturated carbocycles. The molecule has 0 atom stereocenters. The van der Waals surface area contributed by atoms with E-state index >= 15 is 0 Å². The fourth-order valence-electron chi connectivity index (χ4n) is 3.46. The quantitative estimate of drug-likeness (QED) is 0.336. The third-order valence-electron chi connectivity index (χ3n) is 5.12. The van der Waals surface area contributed by atoms with E-state index in [4.69, 9.17) is 5.73 Å². The number of anilines is 1. The third kappa shape index (κ3) is 7.55. The largest absolute Gasteiger partial charge is 0.433 e. The number of benzene rings is 1. The van der Waals surface area contributed by atoms with Crippen LogP contribution in [0.25, 0.3) is 16.4 Å². The van der Waals surface area contributed by atoms with Crippen LogP contribution in [0.2, 0.25) is 0 Å². The Morgan fingerprint density at radius 3 is 2.12 bits per heavy atom. The third-order valence-corrected chi connectivity index (χ3v) is 5.12. The predicted molar refractivity (Wildman–Crippen MR) is 130 cm³/mol. The number of carbonyl (C=O) groups is 1. The first kappa shape index (κ1) is 26.8. The smallest absolute Gasteiger partial charge is 0.398 e. The van der Waals surface area contributed by atoms with Crippen molar-refractivity contribution in [3.8, 4) is 0 Å². The van der Waals surface area contributed by atoms with Gasteiger partial charge in [0.05, 0.1) is 11.0 Å². The first-order valence-electron chi connectivity index (χ1n) is 11.1. The van der Waals surface area contributed by atoms with Gasteiger partial charge < -0.3 is 15.9 Å². The lowest BCUT2D eigenvalue weighted by Crippen LogP contribution is -2.08. The van der Waals surface area contributed by atoms with Crippen LogP contribution in [0.15, 0.2) is 61.1 Å². The molecule has 1 aliphatic carbocycles. The van der Waals surface area contributed by atoms with Crippen LogP contribution in [0, 0.1) is 0 Å². The van der Waals surface area contributed by atoms with Gasteiger partial charge in [0.15, 0.2) is 6.29 Å². The van der Waals surface area contributed by atoms with Gasteiger partial charge in [0, 0.05) is 17.3 Å². The highest BCUT2D eigenvalue weighted by Crippen LogP contribution is 2.31. The van der Waals surface area contributed by atoms with Gasteiger partial charge in [0.2, 0.25) is 0 Å². The van der Waals surface area contributed by atoms with Crippen molar-refractivity contribution in [2.75, 3.05) is 12.8 Å². The number of hydrogen-bond acceptors (Lipinski definition) is 5. The van der Waals surface area contributed by atoms with Crippen molar-refractivity contribution in [2.45, 2.75) is 44.7 Å². The predicted octanol–water partition coefficient (Wildman–Crippen LogP) is 5.90. The van der Waals surface area contributed by atoms with Crippen LogP contribution in [0.1, 0.15) is 54.7 Å². The standard InChI is InChI=1S/C10H7F3N2.C8H6N2O.C6H12.CH5N/c11-10(12,13)9-5-7(14)6-3-1-2-4-8(6)15-9;11-5-7-8-3-1-2-4-10(8)6-9-7;1-2-4-6-5-3-1;1-2/h1-5H,(H2,14,15);1-6H;1-6H2;2H2,1H3. The molecule has 0 aliphatic heterocycles. The summed E-state index contributed by atoms with van der Waals surface area (Å²) in [5.74, 6) is 0. The molecule has 1 aromatic carbocycles. The molecule has 4 N–H and O–H groups in total. The van der Waals surface area contributed by atoms with E-state index in [9.17, 15) is 18.0 Å². The zero-order valence-corrected chi connectivity index (χ0v) is 19.1. The van der Waals surface area contributed by atoms with Crippen LogP contribution >= 0.6 is 0 Å². The average molecular weight is 474 g/mol. The number of alkyl halides is 3. The Bertz CT molecular complexity index is 1160. The second-order valence-corrected chi connectivity index (χ2v) is 7.47. The van der Waals surface area contributed by atoms with E-state index in [1.54, 1.807) is 24.5 Å². The molecule has 6 nitrogen and oxygen atoms in total. The van der Waals surface area contributed by atoms with E-state index in [0.717, 1.165) is 17.9 Å². The van der Waals surface area contributed by atoms with Crippen molar-refractivity contribution in [3.05, 3.63) is 72.4 Å². The lowest BCUT2D eigenvalue weighted by atomic mass is 10.0. The van der Waals surface area contributed by atoms with E-state index < -0.39 is 11.9 Å². The van der Waals surface area contributed by atoms with Crippen LogP contribution in [-0.2, 0) is 6.18 Å². The van der Waals surface area contributed by atoms with Gasteiger partial charge in [0.1, 0.15) is 17.7 Å². The highest BCUT2D eigenvalue weighted by Gasteiger charge is 2.33. The van der Waals surface area contributed by atoms with Crippen molar-refractivity contribution in [1.29, 1.82) is 0 Å². The fourth-order valence-corrected chi connectivity index (χ4v) is 3.46. The van der Waals surface area contributed by atoms with E-state index in [2.05, 4.69) is 15.7 Å². The van der Waals surface area contributed by atoms with Gasteiger partial charge >= 0.3 is 6.18 Å². The summed E-state index contributed by atoms with van der Waals surface area (Å²) in [4.78, 5) is 17.8. The number of pyridine rings is 2. The summed E-state index contributed by atoms with van der Waals surface area (Å²) in [5.41, 5.74) is 10.7. The summed E-state index contributed by atoms with van der Waals surface area (Å²) in [5, 5.41) is 0.533. The Morgan fingerprint density at radius 2 is 1.53 bits per heavy atom. The van der Waals surface area contributed by atoms with Crippen molar-refractivity contribution in [2.24, 2.45) is 5.73 Å². The monoisotopic (exact) mass is 473 g/mol. The van der Waals surface area contributed by atoms with Gasteiger partial charge in [-0.15, -0.1) is 0 Å². The van der Waals surface area contributed by atoms with E-state index in [1.165, 1.54) is 51.6 Å². The number of aldehydes is 1. The highest BCUT2D eigenvalue weighted by atomic mass is 19.4. The summed E-state index contributed by atoms with van der Waals surface area (Å²) < 4.78 is 38.9. The van der Waals surface area contributed by atoms with Gasteiger partial charge in [-0.3, -0.25) is 4.79 Å². The minimum Gasteiger partial charge on any atom is -0.398 e. The molecule has 4 aromatic rings. The molecule has 0 bridgehead atoms. The Labute approximate surface area is 196 Å². The van der Waals surface area contributed by atoms with Crippen molar-refractivity contribution in [1.82, 2.24) is 14.4 Å². The number of fused-ring (bicyclic) bond motifs is 2. The number of nitrogen functional groups attached to an aromatic ring is 1. The normalized spacial score (nSPS) is 13.0. The second kappa shape index (κ2) is 13.3. The zero-order valence-electron chi connectivity index (χ0n) is 19.1. The molecule has 0 spiro atoms. The van der Waals surface area contributed by atoms with Gasteiger partial charge in [-0.25, -0.2) is 9.97 Å². The van der Waals surface area contributed by atoms with Crippen LogP contribution in [0.5, 0.6) is 0 Å². The molecule has 3 aromatic heterocycles. The number of nitrogens with two attached hydrogens (primary N) is 2. The first-order chi connectivity index (χ1) is 16.4. The Kier molecular flexibility index (Phi) is 10.5. The summed E-state index contributed by atoms with van der Waals surface area (Å²) in [6.07, 6.45) is 8.78. The molecular weight excluding hydrogens is 443 g/mol. The number of carbonyl (C=O) groups excluding carboxylic acids is 1. The molecule has 1 aliphatic rings. The molecule has 5 rings (SSSR count). The lowest BCUT2D eigenvalue weighted by molar-refractivity contribution is -0.140. The molecule has 0 amide bonds. The number of rotatable bonds is 1. The molecule has 0 unspecified atom stereocenters. The van der Waals surface area contributed by atoms with Crippen molar-refractivity contribution >= 4 is 28.4 Å². The zero-order chi connectivity index (χ0) is 25.0. The van der Waals surface area contributed by atoms with Gasteiger partial charge in [0.25, 0.3) is 0 Å². The summed E-state index contributed by atoms with van der Waals surface area (Å²) in [6, 6.07) is 12.9. The summed E-state index contributed by atoms with van der Waals surface area (Å²) in [7, 11) is 1.50. The van der Waals surface area contributed by atoms with Crippen LogP contribution < -0.4 is 11.5 Å². The molecule has 3 heterocycles. The van der Waals surface area contributed by atoms with E-state index in [0.29, 0.717) is 11.1 Å². The number of halogens is 3. The van der Waals surface area contributed by atoms with E-state index in [1.807, 2.05) is 28.8 Å². The van der Waals surface area contributed by atoms with Gasteiger partial charge in [-0.2, -0.15) is 13.2 Å². The molecule has 1 fully saturated rings. The fraction of sp³-hybridized carbons (Fsp3) is 0.320. The van der Waals surface area contributed by atoms with Gasteiger partial charge in [-0.05, 0) is 31.3 Å². The second-order valence-electron chi connectivity index (χ2n) is 7.47. The molecule has 34 heavy (non-hydrogen) atoms. The van der Waals surface area contributed by atoms with Crippen molar-refractivity contribution < 1.29 is 18.0 Å². The maximum absolute atomic E-state index is 12.4. The molecular formula is C25H30F3N5O. The van der Waals surface area contributed by atoms with Crippen molar-refractivity contribution in [3.63, 3.8) is 0 Å². The first-order valence-corrected chi connectivity index (χ1v) is 11.1. The van der Waals surface area contributed by atoms with Crippen LogP contribution in [0.3, 0.4) is 0 Å². The topological polar surface area (TPSA) is 99.3 Å². The number of aromatic nitrogens is 3. The highest BCUT2D eigenvalue weighted by molar-refractivity contribution is 5.90. The number of para-hydroxylation sites is 1. The van der Waals surface area contributed by atoms with Crippen LogP contribution in [0.4, 0.5) is 18.9 Å². The number of nitrogens with zero attached hydrogens (tertiary/aromatic N) is 3. The Hall–Kier alpha value is -3.46. The lowest BCUT2D eigenvalue weighted by Gasteiger charge is -2.08. The molecule has 0 radical (unpaired) electrons. The summed E-state index contributed by atoms with van der Waals surface area (Å²) in [6.45, 7) is 0. The number of hydrogen-bond donors (Lipinski definition) is 2. The SMILES string of the molecule is C1CCCCC1.CN.Nc1cc(C(F)(F)F)nc2ccccc12.O=Cc1ncn2ccccc12. The van der Waals surface area contributed by atoms with Crippen LogP contribution in [-0.4, -0.2) is 27.7 Å². The minimum absolute atomic E-state index is 0.0907. The Morgan fingerprint density at radius 1 is 0.941 bits per heavy atom. The minimum atomic E-state index is -4.46.